The van der Waals surface area contributed by atoms with Crippen molar-refractivity contribution in [2.75, 3.05) is 11.9 Å². The van der Waals surface area contributed by atoms with Gasteiger partial charge in [0.2, 0.25) is 5.91 Å². The predicted octanol–water partition coefficient (Wildman–Crippen LogP) is 4.42. The summed E-state index contributed by atoms with van der Waals surface area (Å²) in [5.41, 5.74) is 3.07. The molecule has 0 unspecified atom stereocenters. The van der Waals surface area contributed by atoms with Crippen LogP contribution in [0.3, 0.4) is 0 Å². The van der Waals surface area contributed by atoms with E-state index < -0.39 is 0 Å². The number of amides is 1. The van der Waals surface area contributed by atoms with Crippen molar-refractivity contribution < 1.29 is 4.79 Å². The first-order valence-corrected chi connectivity index (χ1v) is 7.81. The molecule has 2 N–H and O–H groups in total. The molecule has 2 rings (SSSR count). The van der Waals surface area contributed by atoms with Gasteiger partial charge >= 0.3 is 0 Å². The average Bonchev–Trinajstić information content (AvgIpc) is 2.49. The molecular formula is C17H18Cl2N2O. The van der Waals surface area contributed by atoms with Crippen molar-refractivity contribution >= 4 is 34.8 Å². The van der Waals surface area contributed by atoms with E-state index >= 15 is 0 Å². The van der Waals surface area contributed by atoms with E-state index in [4.69, 9.17) is 23.2 Å². The minimum Gasteiger partial charge on any atom is -0.383 e. The fraction of sp³-hybridized carbons (Fsp3) is 0.235. The van der Waals surface area contributed by atoms with Crippen LogP contribution in [0, 0.1) is 6.92 Å². The lowest BCUT2D eigenvalue weighted by atomic mass is 10.1. The van der Waals surface area contributed by atoms with Gasteiger partial charge in [-0.05, 0) is 30.7 Å². The van der Waals surface area contributed by atoms with Crippen LogP contribution in [0.5, 0.6) is 0 Å². The highest BCUT2D eigenvalue weighted by molar-refractivity contribution is 6.36. The molecule has 0 spiro atoms. The van der Waals surface area contributed by atoms with E-state index in [0.29, 0.717) is 29.6 Å². The van der Waals surface area contributed by atoms with Crippen LogP contribution in [0.4, 0.5) is 5.69 Å². The molecule has 3 nitrogen and oxygen atoms in total. The molecule has 2 aromatic rings. The zero-order valence-corrected chi connectivity index (χ0v) is 13.8. The molecule has 0 atom stereocenters. The van der Waals surface area contributed by atoms with Crippen LogP contribution in [0.2, 0.25) is 10.0 Å². The Bertz CT molecular complexity index is 642. The van der Waals surface area contributed by atoms with Gasteiger partial charge in [0, 0.05) is 24.5 Å². The normalized spacial score (nSPS) is 10.3. The van der Waals surface area contributed by atoms with Crippen LogP contribution < -0.4 is 10.6 Å². The van der Waals surface area contributed by atoms with Crippen LogP contribution in [-0.2, 0) is 11.3 Å². The molecule has 5 heteroatoms. The summed E-state index contributed by atoms with van der Waals surface area (Å²) in [4.78, 5) is 11.8. The number of halogens is 2. The highest BCUT2D eigenvalue weighted by Gasteiger charge is 2.04. The molecule has 0 saturated heterocycles. The number of carbonyl (C=O) groups is 1. The summed E-state index contributed by atoms with van der Waals surface area (Å²) in [6.07, 6.45) is 0.380. The van der Waals surface area contributed by atoms with Crippen LogP contribution >= 0.6 is 23.2 Å². The maximum absolute atomic E-state index is 11.8. The smallest absolute Gasteiger partial charge is 0.222 e. The highest BCUT2D eigenvalue weighted by atomic mass is 35.5. The average molecular weight is 337 g/mol. The van der Waals surface area contributed by atoms with Gasteiger partial charge < -0.3 is 10.6 Å². The maximum atomic E-state index is 11.8. The lowest BCUT2D eigenvalue weighted by molar-refractivity contribution is -0.121. The Hall–Kier alpha value is -1.71. The molecule has 0 aliphatic rings. The Morgan fingerprint density at radius 2 is 1.82 bits per heavy atom. The first-order valence-electron chi connectivity index (χ1n) is 7.06. The summed E-state index contributed by atoms with van der Waals surface area (Å²) in [6, 6.07) is 13.3. The monoisotopic (exact) mass is 336 g/mol. The molecule has 116 valence electrons. The SMILES string of the molecule is Cc1ccc(CNC(=O)CCNc2ccc(Cl)cc2Cl)cc1. The number of nitrogens with one attached hydrogen (secondary N) is 2. The second-order valence-corrected chi connectivity index (χ2v) is 5.91. The van der Waals surface area contributed by atoms with Gasteiger partial charge in [0.25, 0.3) is 0 Å². The molecule has 0 heterocycles. The summed E-state index contributed by atoms with van der Waals surface area (Å²) in [5.74, 6) is -0.00170. The molecule has 1 amide bonds. The van der Waals surface area contributed by atoms with Crippen molar-refractivity contribution in [3.8, 4) is 0 Å². The standard InChI is InChI=1S/C17H18Cl2N2O/c1-12-2-4-13(5-3-12)11-21-17(22)8-9-20-16-7-6-14(18)10-15(16)19/h2-7,10,20H,8-9,11H2,1H3,(H,21,22). The number of anilines is 1. The Morgan fingerprint density at radius 3 is 2.50 bits per heavy atom. The summed E-state index contributed by atoms with van der Waals surface area (Å²) in [7, 11) is 0. The molecule has 0 aliphatic carbocycles. The number of benzene rings is 2. The van der Waals surface area contributed by atoms with Gasteiger partial charge in [0.05, 0.1) is 10.7 Å². The van der Waals surface area contributed by atoms with E-state index in [1.54, 1.807) is 18.2 Å². The van der Waals surface area contributed by atoms with Crippen molar-refractivity contribution in [2.45, 2.75) is 19.9 Å². The van der Waals surface area contributed by atoms with E-state index in [9.17, 15) is 4.79 Å². The van der Waals surface area contributed by atoms with Crippen molar-refractivity contribution in [1.82, 2.24) is 5.32 Å². The first-order chi connectivity index (χ1) is 10.5. The Kier molecular flexibility index (Phi) is 6.10. The summed E-state index contributed by atoms with van der Waals surface area (Å²) in [5, 5.41) is 7.16. The second kappa shape index (κ2) is 8.06. The van der Waals surface area contributed by atoms with Crippen molar-refractivity contribution in [3.05, 3.63) is 63.6 Å². The molecule has 0 bridgehead atoms. The minimum absolute atomic E-state index is 0.00170. The number of hydrogen-bond donors (Lipinski definition) is 2. The fourth-order valence-corrected chi connectivity index (χ4v) is 2.41. The van der Waals surface area contributed by atoms with Crippen LogP contribution in [-0.4, -0.2) is 12.5 Å². The second-order valence-electron chi connectivity index (χ2n) is 5.06. The van der Waals surface area contributed by atoms with Gasteiger partial charge in [-0.3, -0.25) is 4.79 Å². The maximum Gasteiger partial charge on any atom is 0.222 e. The summed E-state index contributed by atoms with van der Waals surface area (Å²) >= 11 is 11.9. The van der Waals surface area contributed by atoms with Crippen molar-refractivity contribution in [1.29, 1.82) is 0 Å². The fourth-order valence-electron chi connectivity index (χ4n) is 1.94. The topological polar surface area (TPSA) is 41.1 Å². The zero-order chi connectivity index (χ0) is 15.9. The quantitative estimate of drug-likeness (QED) is 0.819. The molecule has 0 aromatic heterocycles. The van der Waals surface area contributed by atoms with Crippen LogP contribution in [0.25, 0.3) is 0 Å². The Morgan fingerprint density at radius 1 is 1.09 bits per heavy atom. The largest absolute Gasteiger partial charge is 0.383 e. The number of carbonyl (C=O) groups excluding carboxylic acids is 1. The third kappa shape index (κ3) is 5.24. The lowest BCUT2D eigenvalue weighted by Crippen LogP contribution is -2.24. The van der Waals surface area contributed by atoms with Gasteiger partial charge in [0.1, 0.15) is 0 Å². The molecule has 22 heavy (non-hydrogen) atoms. The van der Waals surface area contributed by atoms with Gasteiger partial charge in [-0.25, -0.2) is 0 Å². The summed E-state index contributed by atoms with van der Waals surface area (Å²) < 4.78 is 0. The van der Waals surface area contributed by atoms with Gasteiger partial charge in [0.15, 0.2) is 0 Å². The molecule has 0 saturated carbocycles. The molecule has 0 aliphatic heterocycles. The minimum atomic E-state index is -0.00170. The lowest BCUT2D eigenvalue weighted by Gasteiger charge is -2.09. The Labute approximate surface area is 140 Å². The Balaban J connectivity index is 1.72. The van der Waals surface area contributed by atoms with Crippen molar-refractivity contribution in [2.24, 2.45) is 0 Å². The number of aryl methyl sites for hydroxylation is 1. The van der Waals surface area contributed by atoms with Crippen LogP contribution in [0.15, 0.2) is 42.5 Å². The van der Waals surface area contributed by atoms with Gasteiger partial charge in [-0.2, -0.15) is 0 Å². The predicted molar refractivity (Wildman–Crippen MR) is 92.6 cm³/mol. The van der Waals surface area contributed by atoms with E-state index in [1.807, 2.05) is 31.2 Å². The number of rotatable bonds is 6. The summed E-state index contributed by atoms with van der Waals surface area (Å²) in [6.45, 7) is 3.10. The third-order valence-corrected chi connectivity index (χ3v) is 3.76. The van der Waals surface area contributed by atoms with Crippen molar-refractivity contribution in [3.63, 3.8) is 0 Å². The van der Waals surface area contributed by atoms with Crippen LogP contribution in [0.1, 0.15) is 17.5 Å². The molecule has 0 fully saturated rings. The molecule has 0 radical (unpaired) electrons. The van der Waals surface area contributed by atoms with E-state index in [0.717, 1.165) is 11.3 Å². The van der Waals surface area contributed by atoms with Gasteiger partial charge in [-0.15, -0.1) is 0 Å². The van der Waals surface area contributed by atoms with E-state index in [2.05, 4.69) is 10.6 Å². The molecule has 2 aromatic carbocycles. The first kappa shape index (κ1) is 16.7. The van der Waals surface area contributed by atoms with E-state index in [-0.39, 0.29) is 5.91 Å². The third-order valence-electron chi connectivity index (χ3n) is 3.21. The number of hydrogen-bond acceptors (Lipinski definition) is 2. The van der Waals surface area contributed by atoms with E-state index in [1.165, 1.54) is 5.56 Å². The van der Waals surface area contributed by atoms with Gasteiger partial charge in [-0.1, -0.05) is 53.0 Å². The molecular weight excluding hydrogens is 319 g/mol. The zero-order valence-electron chi connectivity index (χ0n) is 12.3. The highest BCUT2D eigenvalue weighted by Crippen LogP contribution is 2.25.